The molecule has 1 aromatic rings. The maximum absolute atomic E-state index is 3.70. The van der Waals surface area contributed by atoms with Crippen LogP contribution in [0.1, 0.15) is 65.5 Å². The van der Waals surface area contributed by atoms with Gasteiger partial charge in [-0.1, -0.05) is 45.0 Å². The first-order chi connectivity index (χ1) is 9.57. The minimum atomic E-state index is 0.200. The molecule has 1 aromatic carbocycles. The van der Waals surface area contributed by atoms with Crippen LogP contribution in [0, 0.1) is 18.3 Å². The summed E-state index contributed by atoms with van der Waals surface area (Å²) in [5.74, 6) is 0.713. The quantitative estimate of drug-likeness (QED) is 0.742. The van der Waals surface area contributed by atoms with Crippen LogP contribution in [0.15, 0.2) is 24.3 Å². The van der Waals surface area contributed by atoms with Crippen LogP contribution in [0.3, 0.4) is 0 Å². The Balaban J connectivity index is 2.69. The number of rotatable bonds is 6. The van der Waals surface area contributed by atoms with Gasteiger partial charge in [-0.3, -0.25) is 0 Å². The van der Waals surface area contributed by atoms with Crippen LogP contribution in [0.5, 0.6) is 0 Å². The van der Waals surface area contributed by atoms with Crippen LogP contribution in [0.2, 0.25) is 0 Å². The lowest BCUT2D eigenvalue weighted by molar-refractivity contribution is 0.295. The lowest BCUT2D eigenvalue weighted by atomic mass is 9.84. The summed E-state index contributed by atoms with van der Waals surface area (Å²) in [6, 6.07) is 8.82. The second-order valence-corrected chi connectivity index (χ2v) is 8.73. The van der Waals surface area contributed by atoms with Gasteiger partial charge in [-0.15, -0.1) is 0 Å². The summed E-state index contributed by atoms with van der Waals surface area (Å²) in [5, 5.41) is 3.70. The third-order valence-electron chi connectivity index (χ3n) is 3.99. The highest BCUT2D eigenvalue weighted by molar-refractivity contribution is 5.26. The van der Waals surface area contributed by atoms with Crippen LogP contribution < -0.4 is 5.32 Å². The highest BCUT2D eigenvalue weighted by atomic mass is 14.9. The minimum absolute atomic E-state index is 0.200. The van der Waals surface area contributed by atoms with Crippen LogP contribution in [0.25, 0.3) is 0 Å². The van der Waals surface area contributed by atoms with E-state index >= 15 is 0 Å². The molecule has 1 N–H and O–H groups in total. The van der Waals surface area contributed by atoms with Gasteiger partial charge < -0.3 is 5.32 Å². The molecule has 0 aromatic heterocycles. The standard InChI is InChI=1S/C20H35N/c1-16-10-8-9-11-18(16)14-17(12-13-19(2,3)4)15-21-20(5,6)7/h8-11,17,21H,12-15H2,1-7H3. The van der Waals surface area contributed by atoms with E-state index in [1.807, 2.05) is 0 Å². The number of hydrogen-bond acceptors (Lipinski definition) is 1. The van der Waals surface area contributed by atoms with Gasteiger partial charge in [0.15, 0.2) is 0 Å². The van der Waals surface area contributed by atoms with E-state index in [1.165, 1.54) is 30.4 Å². The first-order valence-corrected chi connectivity index (χ1v) is 8.36. The van der Waals surface area contributed by atoms with Gasteiger partial charge in [-0.25, -0.2) is 0 Å². The number of benzene rings is 1. The maximum Gasteiger partial charge on any atom is 0.00966 e. The van der Waals surface area contributed by atoms with E-state index in [2.05, 4.69) is 78.0 Å². The molecule has 1 atom stereocenters. The van der Waals surface area contributed by atoms with E-state index in [-0.39, 0.29) is 5.54 Å². The molecule has 0 aliphatic heterocycles. The van der Waals surface area contributed by atoms with Crippen molar-refractivity contribution in [2.24, 2.45) is 11.3 Å². The molecule has 0 aliphatic rings. The number of nitrogens with one attached hydrogen (secondary N) is 1. The molecular formula is C20H35N. The monoisotopic (exact) mass is 289 g/mol. The fraction of sp³-hybridized carbons (Fsp3) is 0.700. The van der Waals surface area contributed by atoms with Gasteiger partial charge in [0, 0.05) is 5.54 Å². The lowest BCUT2D eigenvalue weighted by Gasteiger charge is -2.28. The van der Waals surface area contributed by atoms with Crippen molar-refractivity contribution in [3.05, 3.63) is 35.4 Å². The molecule has 1 nitrogen and oxygen atoms in total. The second kappa shape index (κ2) is 7.45. The summed E-state index contributed by atoms with van der Waals surface area (Å²) in [6.07, 6.45) is 3.77. The summed E-state index contributed by atoms with van der Waals surface area (Å²) in [5.41, 5.74) is 3.55. The predicted molar refractivity (Wildman–Crippen MR) is 94.8 cm³/mol. The summed E-state index contributed by atoms with van der Waals surface area (Å²) in [4.78, 5) is 0. The largest absolute Gasteiger partial charge is 0.312 e. The van der Waals surface area contributed by atoms with Crippen molar-refractivity contribution in [1.82, 2.24) is 5.32 Å². The van der Waals surface area contributed by atoms with Crippen molar-refractivity contribution < 1.29 is 0 Å². The van der Waals surface area contributed by atoms with E-state index in [0.717, 1.165) is 6.54 Å². The first kappa shape index (κ1) is 18.2. The third-order valence-corrected chi connectivity index (χ3v) is 3.99. The van der Waals surface area contributed by atoms with Crippen molar-refractivity contribution in [1.29, 1.82) is 0 Å². The molecule has 0 spiro atoms. The topological polar surface area (TPSA) is 12.0 Å². The summed E-state index contributed by atoms with van der Waals surface area (Å²) in [7, 11) is 0. The predicted octanol–water partition coefficient (Wildman–Crippen LogP) is 5.37. The Kier molecular flexibility index (Phi) is 6.46. The Labute approximate surface area is 132 Å². The van der Waals surface area contributed by atoms with Gasteiger partial charge in [-0.2, -0.15) is 0 Å². The van der Waals surface area contributed by atoms with Gasteiger partial charge in [0.25, 0.3) is 0 Å². The Morgan fingerprint density at radius 3 is 2.14 bits per heavy atom. The first-order valence-electron chi connectivity index (χ1n) is 8.36. The van der Waals surface area contributed by atoms with Gasteiger partial charge in [-0.05, 0) is 76.0 Å². The Morgan fingerprint density at radius 2 is 1.62 bits per heavy atom. The smallest absolute Gasteiger partial charge is 0.00966 e. The van der Waals surface area contributed by atoms with E-state index < -0.39 is 0 Å². The van der Waals surface area contributed by atoms with Crippen molar-refractivity contribution in [2.75, 3.05) is 6.54 Å². The zero-order chi connectivity index (χ0) is 16.1. The SMILES string of the molecule is Cc1ccccc1CC(CCC(C)(C)C)CNC(C)(C)C. The summed E-state index contributed by atoms with van der Waals surface area (Å²) < 4.78 is 0. The number of aryl methyl sites for hydroxylation is 1. The van der Waals surface area contributed by atoms with Gasteiger partial charge in [0.2, 0.25) is 0 Å². The maximum atomic E-state index is 3.70. The lowest BCUT2D eigenvalue weighted by Crippen LogP contribution is -2.39. The average Bonchev–Trinajstić information content (AvgIpc) is 2.33. The summed E-state index contributed by atoms with van der Waals surface area (Å²) >= 11 is 0. The van der Waals surface area contributed by atoms with Gasteiger partial charge in [0.1, 0.15) is 0 Å². The Morgan fingerprint density at radius 1 is 1.00 bits per heavy atom. The highest BCUT2D eigenvalue weighted by Gasteiger charge is 2.18. The molecule has 120 valence electrons. The van der Waals surface area contributed by atoms with E-state index in [0.29, 0.717) is 11.3 Å². The molecule has 0 bridgehead atoms. The molecule has 21 heavy (non-hydrogen) atoms. The van der Waals surface area contributed by atoms with E-state index in [1.54, 1.807) is 0 Å². The summed E-state index contributed by atoms with van der Waals surface area (Å²) in [6.45, 7) is 17.1. The van der Waals surface area contributed by atoms with E-state index in [9.17, 15) is 0 Å². The Bertz CT molecular complexity index is 402. The van der Waals surface area contributed by atoms with Crippen molar-refractivity contribution in [2.45, 2.75) is 73.3 Å². The molecule has 0 fully saturated rings. The molecule has 1 rings (SSSR count). The van der Waals surface area contributed by atoms with Crippen LogP contribution >= 0.6 is 0 Å². The molecule has 0 radical (unpaired) electrons. The minimum Gasteiger partial charge on any atom is -0.312 e. The molecule has 0 aliphatic carbocycles. The zero-order valence-corrected chi connectivity index (χ0v) is 15.2. The highest BCUT2D eigenvalue weighted by Crippen LogP contribution is 2.26. The van der Waals surface area contributed by atoms with Crippen molar-refractivity contribution in [3.63, 3.8) is 0 Å². The van der Waals surface area contributed by atoms with Crippen molar-refractivity contribution in [3.8, 4) is 0 Å². The fourth-order valence-electron chi connectivity index (χ4n) is 2.51. The molecule has 0 saturated heterocycles. The Hall–Kier alpha value is -0.820. The normalized spacial score (nSPS) is 14.2. The van der Waals surface area contributed by atoms with Gasteiger partial charge in [0.05, 0.1) is 0 Å². The molecule has 1 heteroatoms. The molecule has 0 saturated carbocycles. The van der Waals surface area contributed by atoms with Crippen LogP contribution in [-0.2, 0) is 6.42 Å². The van der Waals surface area contributed by atoms with Crippen LogP contribution in [-0.4, -0.2) is 12.1 Å². The number of hydrogen-bond donors (Lipinski definition) is 1. The van der Waals surface area contributed by atoms with Gasteiger partial charge >= 0.3 is 0 Å². The average molecular weight is 290 g/mol. The molecule has 0 heterocycles. The second-order valence-electron chi connectivity index (χ2n) is 8.73. The van der Waals surface area contributed by atoms with Crippen LogP contribution in [0.4, 0.5) is 0 Å². The van der Waals surface area contributed by atoms with E-state index in [4.69, 9.17) is 0 Å². The zero-order valence-electron chi connectivity index (χ0n) is 15.2. The molecular weight excluding hydrogens is 254 g/mol. The molecule has 0 amide bonds. The fourth-order valence-corrected chi connectivity index (χ4v) is 2.51. The van der Waals surface area contributed by atoms with Crippen molar-refractivity contribution >= 4 is 0 Å². The molecule has 1 unspecified atom stereocenters. The third kappa shape index (κ3) is 8.26.